The van der Waals surface area contributed by atoms with Crippen LogP contribution in [0.4, 0.5) is 0 Å². The van der Waals surface area contributed by atoms with E-state index in [0.717, 1.165) is 15.7 Å². The minimum Gasteiger partial charge on any atom is -0.319 e. The number of fused-ring (bicyclic) bond motifs is 2. The maximum Gasteiger partial charge on any atom is 0.279 e. The molecule has 27 heavy (non-hydrogen) atoms. The number of carbonyl (C=O) groups is 1. The highest BCUT2D eigenvalue weighted by Gasteiger charge is 2.11. The summed E-state index contributed by atoms with van der Waals surface area (Å²) in [7, 11) is 1.90. The van der Waals surface area contributed by atoms with E-state index in [2.05, 4.69) is 9.98 Å². The first-order valence-corrected chi connectivity index (χ1v) is 9.46. The number of nitrogens with zero attached hydrogens (tertiary/aromatic N) is 4. The molecule has 0 atom stereocenters. The van der Waals surface area contributed by atoms with Crippen LogP contribution in [0.5, 0.6) is 0 Å². The van der Waals surface area contributed by atoms with Crippen molar-refractivity contribution in [2.75, 3.05) is 0 Å². The number of rotatable bonds is 2. The summed E-state index contributed by atoms with van der Waals surface area (Å²) in [6.45, 7) is 4.15. The highest BCUT2D eigenvalue weighted by molar-refractivity contribution is 7.16. The van der Waals surface area contributed by atoms with Crippen molar-refractivity contribution in [3.63, 3.8) is 0 Å². The fraction of sp³-hybridized carbons (Fsp3) is 0.200. The van der Waals surface area contributed by atoms with Crippen molar-refractivity contribution < 1.29 is 4.79 Å². The van der Waals surface area contributed by atoms with Gasteiger partial charge in [0.1, 0.15) is 5.69 Å². The van der Waals surface area contributed by atoms with Crippen molar-refractivity contribution in [3.8, 4) is 0 Å². The number of thiazole rings is 1. The Labute approximate surface area is 159 Å². The van der Waals surface area contributed by atoms with Crippen LogP contribution in [0.2, 0.25) is 0 Å². The SMILES string of the molecule is CCn1c(=O)c(C)nc2cc(C(=O)N=c3sc4ccccc4n3C)ccc21. The Hall–Kier alpha value is -3.06. The number of benzene rings is 2. The van der Waals surface area contributed by atoms with E-state index in [0.29, 0.717) is 28.1 Å². The molecule has 1 amide bonds. The van der Waals surface area contributed by atoms with Crippen LogP contribution in [-0.4, -0.2) is 20.0 Å². The molecule has 4 aromatic rings. The first kappa shape index (κ1) is 17.4. The first-order valence-electron chi connectivity index (χ1n) is 8.64. The van der Waals surface area contributed by atoms with Crippen molar-refractivity contribution in [1.29, 1.82) is 0 Å². The van der Waals surface area contributed by atoms with Gasteiger partial charge >= 0.3 is 0 Å². The van der Waals surface area contributed by atoms with Crippen LogP contribution in [0.1, 0.15) is 23.0 Å². The lowest BCUT2D eigenvalue weighted by atomic mass is 10.1. The predicted molar refractivity (Wildman–Crippen MR) is 107 cm³/mol. The van der Waals surface area contributed by atoms with E-state index in [1.165, 1.54) is 11.3 Å². The Kier molecular flexibility index (Phi) is 4.24. The van der Waals surface area contributed by atoms with Gasteiger partial charge in [-0.3, -0.25) is 9.59 Å². The number of hydrogen-bond acceptors (Lipinski definition) is 4. The van der Waals surface area contributed by atoms with Crippen LogP contribution >= 0.6 is 11.3 Å². The third-order valence-corrected chi connectivity index (χ3v) is 5.70. The zero-order valence-electron chi connectivity index (χ0n) is 15.3. The molecule has 4 rings (SSSR count). The van der Waals surface area contributed by atoms with Gasteiger partial charge in [-0.25, -0.2) is 4.98 Å². The highest BCUT2D eigenvalue weighted by Crippen LogP contribution is 2.17. The first-order chi connectivity index (χ1) is 13.0. The lowest BCUT2D eigenvalue weighted by molar-refractivity contribution is 0.0998. The Morgan fingerprint density at radius 1 is 1.19 bits per heavy atom. The van der Waals surface area contributed by atoms with Gasteiger partial charge in [-0.1, -0.05) is 23.5 Å². The molecule has 0 aliphatic heterocycles. The summed E-state index contributed by atoms with van der Waals surface area (Å²) in [5.74, 6) is -0.326. The lowest BCUT2D eigenvalue weighted by Crippen LogP contribution is -2.23. The molecule has 0 aliphatic rings. The summed E-state index contributed by atoms with van der Waals surface area (Å²) in [5.41, 5.74) is 3.14. The number of aromatic nitrogens is 3. The van der Waals surface area contributed by atoms with Gasteiger partial charge in [-0.2, -0.15) is 4.99 Å². The van der Waals surface area contributed by atoms with Gasteiger partial charge < -0.3 is 9.13 Å². The molecule has 0 spiro atoms. The molecule has 0 saturated carbocycles. The van der Waals surface area contributed by atoms with Gasteiger partial charge in [-0.15, -0.1) is 0 Å². The van der Waals surface area contributed by atoms with E-state index in [4.69, 9.17) is 0 Å². The Bertz CT molecular complexity index is 1330. The smallest absolute Gasteiger partial charge is 0.279 e. The zero-order valence-corrected chi connectivity index (χ0v) is 16.1. The molecule has 6 nitrogen and oxygen atoms in total. The summed E-state index contributed by atoms with van der Waals surface area (Å²) >= 11 is 1.48. The van der Waals surface area contributed by atoms with Crippen molar-refractivity contribution in [2.24, 2.45) is 12.0 Å². The topological polar surface area (TPSA) is 69.2 Å². The summed E-state index contributed by atoms with van der Waals surface area (Å²) in [4.78, 5) is 34.2. The molecule has 0 radical (unpaired) electrons. The molecule has 2 aromatic carbocycles. The molecular weight excluding hydrogens is 360 g/mol. The maximum absolute atomic E-state index is 12.7. The number of hydrogen-bond donors (Lipinski definition) is 0. The Morgan fingerprint density at radius 2 is 1.96 bits per heavy atom. The zero-order chi connectivity index (χ0) is 19.1. The van der Waals surface area contributed by atoms with Crippen molar-refractivity contribution >= 4 is 38.5 Å². The minimum atomic E-state index is -0.326. The second-order valence-corrected chi connectivity index (χ2v) is 7.29. The lowest BCUT2D eigenvalue weighted by Gasteiger charge is -2.09. The van der Waals surface area contributed by atoms with Crippen LogP contribution in [-0.2, 0) is 13.6 Å². The van der Waals surface area contributed by atoms with Gasteiger partial charge in [0.25, 0.3) is 11.5 Å². The van der Waals surface area contributed by atoms with E-state index >= 15 is 0 Å². The van der Waals surface area contributed by atoms with Gasteiger partial charge in [0.15, 0.2) is 4.80 Å². The number of para-hydroxylation sites is 1. The van der Waals surface area contributed by atoms with Crippen molar-refractivity contribution in [1.82, 2.24) is 14.1 Å². The normalized spacial score (nSPS) is 12.2. The fourth-order valence-electron chi connectivity index (χ4n) is 3.16. The van der Waals surface area contributed by atoms with Crippen LogP contribution < -0.4 is 10.4 Å². The number of carbonyl (C=O) groups excluding carboxylic acids is 1. The molecule has 7 heteroatoms. The molecular formula is C20H18N4O2S. The molecule has 2 aromatic heterocycles. The van der Waals surface area contributed by atoms with E-state index in [1.54, 1.807) is 29.7 Å². The fourth-order valence-corrected chi connectivity index (χ4v) is 4.18. The maximum atomic E-state index is 12.7. The average Bonchev–Trinajstić information content (AvgIpc) is 2.98. The molecule has 0 saturated heterocycles. The van der Waals surface area contributed by atoms with Crippen LogP contribution in [0.15, 0.2) is 52.3 Å². The number of aryl methyl sites for hydroxylation is 3. The molecule has 2 heterocycles. The van der Waals surface area contributed by atoms with Gasteiger partial charge in [-0.05, 0) is 44.2 Å². The summed E-state index contributed by atoms with van der Waals surface area (Å²) in [6, 6.07) is 13.1. The summed E-state index contributed by atoms with van der Waals surface area (Å²) in [5, 5.41) is 0. The predicted octanol–water partition coefficient (Wildman–Crippen LogP) is 3.02. The molecule has 0 aliphatic carbocycles. The van der Waals surface area contributed by atoms with Crippen LogP contribution in [0, 0.1) is 6.92 Å². The Morgan fingerprint density at radius 3 is 2.70 bits per heavy atom. The number of amides is 1. The molecule has 0 N–H and O–H groups in total. The standard InChI is InChI=1S/C20H18N4O2S/c1-4-24-15-10-9-13(11-14(15)21-12(2)19(24)26)18(25)22-20-23(3)16-7-5-6-8-17(16)27-20/h5-11H,4H2,1-3H3. The van der Waals surface area contributed by atoms with E-state index in [9.17, 15) is 9.59 Å². The minimum absolute atomic E-state index is 0.105. The van der Waals surface area contributed by atoms with Crippen molar-refractivity contribution in [3.05, 3.63) is 68.9 Å². The van der Waals surface area contributed by atoms with Crippen molar-refractivity contribution in [2.45, 2.75) is 20.4 Å². The second-order valence-electron chi connectivity index (χ2n) is 6.28. The van der Waals surface area contributed by atoms with E-state index < -0.39 is 0 Å². The summed E-state index contributed by atoms with van der Waals surface area (Å²) < 4.78 is 4.65. The molecule has 0 bridgehead atoms. The Balaban J connectivity index is 1.84. The molecule has 136 valence electrons. The third kappa shape index (κ3) is 2.90. The quantitative estimate of drug-likeness (QED) is 0.538. The van der Waals surface area contributed by atoms with E-state index in [1.807, 2.05) is 42.8 Å². The molecule has 0 unspecified atom stereocenters. The largest absolute Gasteiger partial charge is 0.319 e. The van der Waals surface area contributed by atoms with Gasteiger partial charge in [0.2, 0.25) is 0 Å². The van der Waals surface area contributed by atoms with Gasteiger partial charge in [0.05, 0.1) is 21.3 Å². The van der Waals surface area contributed by atoms with Crippen LogP contribution in [0.3, 0.4) is 0 Å². The molecule has 0 fully saturated rings. The summed E-state index contributed by atoms with van der Waals surface area (Å²) in [6.07, 6.45) is 0. The average molecular weight is 378 g/mol. The third-order valence-electron chi connectivity index (χ3n) is 4.58. The van der Waals surface area contributed by atoms with Gasteiger partial charge in [0, 0.05) is 19.2 Å². The van der Waals surface area contributed by atoms with E-state index in [-0.39, 0.29) is 11.5 Å². The highest BCUT2D eigenvalue weighted by atomic mass is 32.1. The second kappa shape index (κ2) is 6.59. The van der Waals surface area contributed by atoms with Crippen LogP contribution in [0.25, 0.3) is 21.3 Å². The monoisotopic (exact) mass is 378 g/mol.